The molecular weight excluding hydrogens is 382 g/mol. The van der Waals surface area contributed by atoms with Crippen LogP contribution in [0.5, 0.6) is 0 Å². The summed E-state index contributed by atoms with van der Waals surface area (Å²) in [6.07, 6.45) is 3.25. The van der Waals surface area contributed by atoms with E-state index >= 15 is 0 Å². The highest BCUT2D eigenvalue weighted by atomic mass is 35.5. The van der Waals surface area contributed by atoms with Gasteiger partial charge >= 0.3 is 0 Å². The van der Waals surface area contributed by atoms with Crippen molar-refractivity contribution in [2.75, 3.05) is 31.1 Å². The van der Waals surface area contributed by atoms with E-state index < -0.39 is 14.9 Å². The van der Waals surface area contributed by atoms with Crippen LogP contribution in [0.2, 0.25) is 5.02 Å². The molecule has 138 valence electrons. The van der Waals surface area contributed by atoms with Gasteiger partial charge in [0.15, 0.2) is 0 Å². The fourth-order valence-electron chi connectivity index (χ4n) is 2.71. The van der Waals surface area contributed by atoms with Gasteiger partial charge < -0.3 is 4.90 Å². The normalized spacial score (nSPS) is 15.8. The Hall–Kier alpha value is -2.30. The topological polar surface area (TPSA) is 110 Å². The van der Waals surface area contributed by atoms with Gasteiger partial charge in [0.05, 0.1) is 14.8 Å². The van der Waals surface area contributed by atoms with Crippen molar-refractivity contribution >= 4 is 33.3 Å². The van der Waals surface area contributed by atoms with Crippen molar-refractivity contribution in [1.29, 1.82) is 0 Å². The number of hydrogen-bond donors (Lipinski definition) is 0. The van der Waals surface area contributed by atoms with E-state index in [0.29, 0.717) is 19.0 Å². The van der Waals surface area contributed by atoms with Crippen LogP contribution < -0.4 is 4.90 Å². The molecule has 3 rings (SSSR count). The predicted octanol–water partition coefficient (Wildman–Crippen LogP) is 1.86. The van der Waals surface area contributed by atoms with E-state index in [1.165, 1.54) is 17.3 Å². The molecule has 1 aromatic carbocycles. The minimum Gasteiger partial charge on any atom is -0.338 e. The summed E-state index contributed by atoms with van der Waals surface area (Å²) in [5, 5.41) is 11.2. The van der Waals surface area contributed by atoms with Crippen molar-refractivity contribution in [3.63, 3.8) is 0 Å². The number of nitro benzene ring substituents is 1. The molecule has 0 unspecified atom stereocenters. The molecular formula is C15H16ClN5O4S. The van der Waals surface area contributed by atoms with Gasteiger partial charge in [-0.2, -0.15) is 4.31 Å². The Bertz CT molecular complexity index is 931. The number of sulfonamides is 1. The molecule has 11 heteroatoms. The molecule has 0 spiro atoms. The lowest BCUT2D eigenvalue weighted by molar-refractivity contribution is -0.385. The van der Waals surface area contributed by atoms with E-state index in [2.05, 4.69) is 9.97 Å². The van der Waals surface area contributed by atoms with Crippen LogP contribution in [-0.2, 0) is 10.0 Å². The molecule has 0 amide bonds. The molecule has 1 saturated heterocycles. The van der Waals surface area contributed by atoms with Crippen LogP contribution in [0.25, 0.3) is 0 Å². The largest absolute Gasteiger partial charge is 0.338 e. The van der Waals surface area contributed by atoms with Crippen molar-refractivity contribution in [2.24, 2.45) is 0 Å². The van der Waals surface area contributed by atoms with Gasteiger partial charge in [-0.05, 0) is 19.1 Å². The van der Waals surface area contributed by atoms with Gasteiger partial charge in [-0.15, -0.1) is 0 Å². The van der Waals surface area contributed by atoms with Crippen LogP contribution in [0.15, 0.2) is 35.5 Å². The van der Waals surface area contributed by atoms with Crippen molar-refractivity contribution in [3.8, 4) is 0 Å². The van der Waals surface area contributed by atoms with Crippen molar-refractivity contribution in [3.05, 3.63) is 51.3 Å². The van der Waals surface area contributed by atoms with Gasteiger partial charge in [-0.3, -0.25) is 10.1 Å². The van der Waals surface area contributed by atoms with Crippen LogP contribution in [0.1, 0.15) is 5.56 Å². The van der Waals surface area contributed by atoms with Gasteiger partial charge in [0.25, 0.3) is 5.69 Å². The van der Waals surface area contributed by atoms with E-state index in [1.54, 1.807) is 18.5 Å². The maximum absolute atomic E-state index is 12.9. The summed E-state index contributed by atoms with van der Waals surface area (Å²) in [5.41, 5.74) is -0.0749. The van der Waals surface area contributed by atoms with E-state index in [0.717, 1.165) is 6.07 Å². The molecule has 26 heavy (non-hydrogen) atoms. The zero-order valence-electron chi connectivity index (χ0n) is 13.9. The molecule has 0 atom stereocenters. The van der Waals surface area contributed by atoms with Gasteiger partial charge in [-0.25, -0.2) is 18.4 Å². The Morgan fingerprint density at radius 2 is 1.77 bits per heavy atom. The van der Waals surface area contributed by atoms with Crippen LogP contribution in [0.3, 0.4) is 0 Å². The number of rotatable bonds is 4. The number of halogens is 1. The third-order valence-electron chi connectivity index (χ3n) is 4.20. The molecule has 0 saturated carbocycles. The molecule has 0 bridgehead atoms. The Labute approximate surface area is 155 Å². The lowest BCUT2D eigenvalue weighted by atomic mass is 10.2. The highest BCUT2D eigenvalue weighted by Gasteiger charge is 2.31. The highest BCUT2D eigenvalue weighted by Crippen LogP contribution is 2.31. The summed E-state index contributed by atoms with van der Waals surface area (Å²) < 4.78 is 27.0. The first-order valence-corrected chi connectivity index (χ1v) is 9.59. The predicted molar refractivity (Wildman–Crippen MR) is 95.8 cm³/mol. The number of aromatic nitrogens is 2. The smallest absolute Gasteiger partial charge is 0.275 e. The molecule has 1 aromatic heterocycles. The van der Waals surface area contributed by atoms with Gasteiger partial charge in [0.2, 0.25) is 16.0 Å². The lowest BCUT2D eigenvalue weighted by Crippen LogP contribution is -2.49. The van der Waals surface area contributed by atoms with Gasteiger partial charge in [0.1, 0.15) is 0 Å². The molecule has 0 N–H and O–H groups in total. The second kappa shape index (κ2) is 7.14. The first kappa shape index (κ1) is 18.5. The second-order valence-corrected chi connectivity index (χ2v) is 8.09. The summed E-state index contributed by atoms with van der Waals surface area (Å²) in [6.45, 7) is 2.77. The van der Waals surface area contributed by atoms with E-state index in [9.17, 15) is 18.5 Å². The maximum atomic E-state index is 12.9. The number of nitrogens with zero attached hydrogens (tertiary/aromatic N) is 5. The Morgan fingerprint density at radius 3 is 2.35 bits per heavy atom. The van der Waals surface area contributed by atoms with E-state index in [-0.39, 0.29) is 34.3 Å². The Morgan fingerprint density at radius 1 is 1.15 bits per heavy atom. The highest BCUT2D eigenvalue weighted by molar-refractivity contribution is 7.89. The molecule has 9 nitrogen and oxygen atoms in total. The third kappa shape index (κ3) is 3.48. The summed E-state index contributed by atoms with van der Waals surface area (Å²) in [5.74, 6) is 0.540. The fraction of sp³-hybridized carbons (Fsp3) is 0.333. The van der Waals surface area contributed by atoms with Crippen LogP contribution in [0.4, 0.5) is 11.6 Å². The summed E-state index contributed by atoms with van der Waals surface area (Å²) in [7, 11) is -3.89. The zero-order chi connectivity index (χ0) is 18.9. The molecule has 0 radical (unpaired) electrons. The molecule has 2 aromatic rings. The van der Waals surface area contributed by atoms with Crippen LogP contribution in [0, 0.1) is 17.0 Å². The molecule has 1 aliphatic heterocycles. The standard InChI is InChI=1S/C15H16ClN5O4S/c1-11-13(16)9-12(10-14(11)21(22)23)26(24,25)20-7-5-19(6-8-20)15-17-3-2-4-18-15/h2-4,9-10H,5-8H2,1H3. The summed E-state index contributed by atoms with van der Waals surface area (Å²) in [4.78, 5) is 20.5. The summed E-state index contributed by atoms with van der Waals surface area (Å²) in [6, 6.07) is 4.02. The number of anilines is 1. The molecule has 1 fully saturated rings. The van der Waals surface area contributed by atoms with Crippen molar-refractivity contribution < 1.29 is 13.3 Å². The first-order valence-electron chi connectivity index (χ1n) is 7.77. The quantitative estimate of drug-likeness (QED) is 0.572. The monoisotopic (exact) mass is 397 g/mol. The SMILES string of the molecule is Cc1c(Cl)cc(S(=O)(=O)N2CCN(c3ncccn3)CC2)cc1[N+](=O)[O-]. The third-order valence-corrected chi connectivity index (χ3v) is 6.47. The number of benzene rings is 1. The van der Waals surface area contributed by atoms with E-state index in [1.807, 2.05) is 4.90 Å². The lowest BCUT2D eigenvalue weighted by Gasteiger charge is -2.33. The zero-order valence-corrected chi connectivity index (χ0v) is 15.4. The average Bonchev–Trinajstić information content (AvgIpc) is 2.64. The number of hydrogen-bond acceptors (Lipinski definition) is 7. The van der Waals surface area contributed by atoms with E-state index in [4.69, 9.17) is 11.6 Å². The second-order valence-electron chi connectivity index (χ2n) is 5.75. The van der Waals surface area contributed by atoms with Crippen molar-refractivity contribution in [1.82, 2.24) is 14.3 Å². The van der Waals surface area contributed by atoms with Crippen molar-refractivity contribution in [2.45, 2.75) is 11.8 Å². The average molecular weight is 398 g/mol. The van der Waals surface area contributed by atoms with Crippen LogP contribution in [-0.4, -0.2) is 53.8 Å². The first-order chi connectivity index (χ1) is 12.3. The van der Waals surface area contributed by atoms with Crippen LogP contribution >= 0.6 is 11.6 Å². The minimum atomic E-state index is -3.89. The molecule has 2 heterocycles. The maximum Gasteiger partial charge on any atom is 0.275 e. The Balaban J connectivity index is 1.83. The molecule has 0 aliphatic carbocycles. The minimum absolute atomic E-state index is 0.0501. The van der Waals surface area contributed by atoms with Gasteiger partial charge in [-0.1, -0.05) is 11.6 Å². The molecule has 1 aliphatic rings. The Kier molecular flexibility index (Phi) is 5.08. The number of piperazine rings is 1. The number of nitro groups is 1. The summed E-state index contributed by atoms with van der Waals surface area (Å²) >= 11 is 6.00. The van der Waals surface area contributed by atoms with Gasteiger partial charge in [0, 0.05) is 50.2 Å². The fourth-order valence-corrected chi connectivity index (χ4v) is 4.46.